The number of nitrogens with one attached hydrogen (secondary N) is 1. The Kier molecular flexibility index (Phi) is 7.48. The number of fused-ring (bicyclic) bond motifs is 1. The van der Waals surface area contributed by atoms with E-state index >= 15 is 0 Å². The van der Waals surface area contributed by atoms with Gasteiger partial charge in [-0.05, 0) is 82.0 Å². The van der Waals surface area contributed by atoms with E-state index in [9.17, 15) is 14.4 Å². The average Bonchev–Trinajstić information content (AvgIpc) is 3.25. The van der Waals surface area contributed by atoms with Gasteiger partial charge in [0.2, 0.25) is 0 Å². The van der Waals surface area contributed by atoms with E-state index in [1.165, 1.54) is 5.56 Å². The Bertz CT molecular complexity index is 1110. The molecule has 2 aromatic carbocycles. The van der Waals surface area contributed by atoms with Crippen LogP contribution in [0.15, 0.2) is 42.5 Å². The molecule has 4 rings (SSSR count). The fourth-order valence-electron chi connectivity index (χ4n) is 4.98. The average molecular weight is 511 g/mol. The predicted octanol–water partition coefficient (Wildman–Crippen LogP) is 4.94. The molecule has 0 radical (unpaired) electrons. The third-order valence-electron chi connectivity index (χ3n) is 6.93. The molecule has 1 atom stereocenters. The van der Waals surface area contributed by atoms with E-state index in [0.717, 1.165) is 29.7 Å². The summed E-state index contributed by atoms with van der Waals surface area (Å²) in [5.74, 6) is 1.19. The van der Waals surface area contributed by atoms with E-state index < -0.39 is 20.0 Å². The number of rotatable bonds is 5. The smallest absolute Gasteiger partial charge is 0.407 e. The number of amides is 2. The summed E-state index contributed by atoms with van der Waals surface area (Å²) in [6.07, 6.45) is 1.36. The van der Waals surface area contributed by atoms with Crippen LogP contribution in [0, 0.1) is 0 Å². The van der Waals surface area contributed by atoms with E-state index in [4.69, 9.17) is 9.47 Å². The number of hydrogen-bond donors (Lipinski definition) is 2. The monoisotopic (exact) mass is 510 g/mol. The largest absolute Gasteiger partial charge is 0.493 e. The van der Waals surface area contributed by atoms with Crippen LogP contribution in [0.4, 0.5) is 4.79 Å². The number of ether oxygens (including phenoxy) is 2. The second-order valence-corrected chi connectivity index (χ2v) is 15.4. The van der Waals surface area contributed by atoms with Crippen molar-refractivity contribution in [1.29, 1.82) is 0 Å². The quantitative estimate of drug-likeness (QED) is 0.556. The van der Waals surface area contributed by atoms with Gasteiger partial charge in [0, 0.05) is 36.3 Å². The molecule has 0 spiro atoms. The molecule has 194 valence electrons. The van der Waals surface area contributed by atoms with Crippen molar-refractivity contribution in [2.75, 3.05) is 19.7 Å². The van der Waals surface area contributed by atoms with E-state index in [0.29, 0.717) is 37.7 Å². The van der Waals surface area contributed by atoms with Crippen molar-refractivity contribution in [1.82, 2.24) is 10.2 Å². The molecule has 2 aliphatic heterocycles. The third-order valence-corrected chi connectivity index (χ3v) is 9.11. The summed E-state index contributed by atoms with van der Waals surface area (Å²) in [5, 5.41) is 2.82. The van der Waals surface area contributed by atoms with Crippen LogP contribution in [0.1, 0.15) is 72.1 Å². The maximum absolute atomic E-state index is 13.3. The van der Waals surface area contributed by atoms with Crippen molar-refractivity contribution in [2.45, 2.75) is 70.3 Å². The Morgan fingerprint density at radius 1 is 1.14 bits per heavy atom. The molecule has 0 aliphatic carbocycles. The van der Waals surface area contributed by atoms with Gasteiger partial charge < -0.3 is 24.5 Å². The molecule has 1 saturated heterocycles. The van der Waals surface area contributed by atoms with E-state index in [1.807, 2.05) is 69.1 Å². The van der Waals surface area contributed by atoms with Crippen LogP contribution in [0.3, 0.4) is 0 Å². The second kappa shape index (κ2) is 10.3. The van der Waals surface area contributed by atoms with Crippen molar-refractivity contribution in [3.63, 3.8) is 0 Å². The zero-order chi connectivity index (χ0) is 26.1. The number of likely N-dealkylation sites (tertiary alicyclic amines) is 1. The zero-order valence-corrected chi connectivity index (χ0v) is 23.0. The van der Waals surface area contributed by atoms with Gasteiger partial charge in [-0.15, -0.1) is 0 Å². The fourth-order valence-corrected chi connectivity index (χ4v) is 6.45. The summed E-state index contributed by atoms with van der Waals surface area (Å²) >= 11 is 0. The minimum atomic E-state index is -2.43. The van der Waals surface area contributed by atoms with Crippen molar-refractivity contribution in [2.24, 2.45) is 0 Å². The highest BCUT2D eigenvalue weighted by Gasteiger charge is 2.38. The molecule has 0 aromatic heterocycles. The number of alkyl carbamates (subject to hydrolysis) is 1. The first kappa shape index (κ1) is 26.2. The molecule has 36 heavy (non-hydrogen) atoms. The summed E-state index contributed by atoms with van der Waals surface area (Å²) in [7, 11) is -2.43. The van der Waals surface area contributed by atoms with Crippen LogP contribution in [0.2, 0.25) is 13.1 Å². The molecular weight excluding hydrogens is 472 g/mol. The molecule has 0 bridgehead atoms. The molecule has 2 N–H and O–H groups in total. The van der Waals surface area contributed by atoms with Crippen molar-refractivity contribution in [3.8, 4) is 5.75 Å². The lowest BCUT2D eigenvalue weighted by molar-refractivity contribution is 0.0523. The Morgan fingerprint density at radius 2 is 1.86 bits per heavy atom. The summed E-state index contributed by atoms with van der Waals surface area (Å²) in [4.78, 5) is 37.8. The highest BCUT2D eigenvalue weighted by Crippen LogP contribution is 2.39. The molecule has 0 saturated carbocycles. The molecule has 7 nitrogen and oxygen atoms in total. The summed E-state index contributed by atoms with van der Waals surface area (Å²) < 4.78 is 11.1. The lowest BCUT2D eigenvalue weighted by Gasteiger charge is -2.32. The van der Waals surface area contributed by atoms with Crippen molar-refractivity contribution < 1.29 is 23.9 Å². The van der Waals surface area contributed by atoms with Crippen LogP contribution in [-0.2, 0) is 11.3 Å². The zero-order valence-electron chi connectivity index (χ0n) is 22.0. The van der Waals surface area contributed by atoms with Crippen LogP contribution in [0.5, 0.6) is 5.75 Å². The number of nitrogens with zero attached hydrogens (tertiary/aromatic N) is 1. The van der Waals surface area contributed by atoms with Gasteiger partial charge in [-0.2, -0.15) is 0 Å². The van der Waals surface area contributed by atoms with E-state index in [1.54, 1.807) is 0 Å². The number of piperidine rings is 1. The van der Waals surface area contributed by atoms with E-state index in [2.05, 4.69) is 17.4 Å². The highest BCUT2D eigenvalue weighted by molar-refractivity contribution is 6.71. The van der Waals surface area contributed by atoms with Gasteiger partial charge in [-0.25, -0.2) is 4.79 Å². The van der Waals surface area contributed by atoms with Gasteiger partial charge >= 0.3 is 6.09 Å². The summed E-state index contributed by atoms with van der Waals surface area (Å²) in [6.45, 7) is 11.7. The first-order valence-corrected chi connectivity index (χ1v) is 15.8. The lowest BCUT2D eigenvalue weighted by atomic mass is 9.88. The molecule has 1 fully saturated rings. The SMILES string of the molecule is CC(C)(C)OC(=O)NCc1cccc(C2CCN(C(=O)c3ccc4c(c3)C([Si](C)(C)O)CO4)CC2)c1. The number of benzene rings is 2. The maximum Gasteiger partial charge on any atom is 0.407 e. The van der Waals surface area contributed by atoms with Gasteiger partial charge in [0.15, 0.2) is 8.32 Å². The minimum absolute atomic E-state index is 0.0110. The summed E-state index contributed by atoms with van der Waals surface area (Å²) in [6, 6.07) is 13.9. The molecular formula is C28H38N2O5Si. The molecule has 2 amide bonds. The van der Waals surface area contributed by atoms with Crippen LogP contribution in [0.25, 0.3) is 0 Å². The first-order chi connectivity index (χ1) is 16.9. The maximum atomic E-state index is 13.3. The van der Waals surface area contributed by atoms with Crippen molar-refractivity contribution in [3.05, 3.63) is 64.7 Å². The van der Waals surface area contributed by atoms with Gasteiger partial charge in [-0.3, -0.25) is 4.79 Å². The molecule has 2 aromatic rings. The molecule has 1 unspecified atom stereocenters. The van der Waals surface area contributed by atoms with E-state index in [-0.39, 0.29) is 11.4 Å². The second-order valence-electron chi connectivity index (χ2n) is 11.4. The lowest BCUT2D eigenvalue weighted by Crippen LogP contribution is -2.38. The number of carbonyl (C=O) groups is 2. The fraction of sp³-hybridized carbons (Fsp3) is 0.500. The number of carbonyl (C=O) groups excluding carboxylic acids is 2. The predicted molar refractivity (Wildman–Crippen MR) is 142 cm³/mol. The Morgan fingerprint density at radius 3 is 2.53 bits per heavy atom. The third kappa shape index (κ3) is 6.28. The highest BCUT2D eigenvalue weighted by atomic mass is 28.4. The van der Waals surface area contributed by atoms with Gasteiger partial charge in [-0.1, -0.05) is 24.3 Å². The summed E-state index contributed by atoms with van der Waals surface area (Å²) in [5.41, 5.74) is 3.36. The topological polar surface area (TPSA) is 88.1 Å². The minimum Gasteiger partial charge on any atom is -0.493 e. The standard InChI is InChI=1S/C28H38N2O5Si/c1-28(2,3)35-27(32)29-17-19-7-6-8-21(15-19)20-11-13-30(14-12-20)26(31)22-9-10-24-23(16-22)25(18-34-24)36(4,5)33/h6-10,15-16,20,25,33H,11-14,17-18H2,1-5H3,(H,29,32). The van der Waals surface area contributed by atoms with Crippen molar-refractivity contribution >= 4 is 20.3 Å². The van der Waals surface area contributed by atoms with Crippen LogP contribution in [-0.4, -0.2) is 55.3 Å². The number of hydrogen-bond acceptors (Lipinski definition) is 5. The first-order valence-electron chi connectivity index (χ1n) is 12.7. The van der Waals surface area contributed by atoms with Gasteiger partial charge in [0.05, 0.1) is 6.61 Å². The Labute approximate surface area is 214 Å². The molecule has 2 heterocycles. The molecule has 8 heteroatoms. The Hall–Kier alpha value is -2.84. The van der Waals surface area contributed by atoms with Gasteiger partial charge in [0.25, 0.3) is 5.91 Å². The van der Waals surface area contributed by atoms with Gasteiger partial charge in [0.1, 0.15) is 11.4 Å². The van der Waals surface area contributed by atoms with Crippen LogP contribution < -0.4 is 10.1 Å². The Balaban J connectivity index is 1.35. The van der Waals surface area contributed by atoms with Crippen LogP contribution >= 0.6 is 0 Å². The normalized spacial score (nSPS) is 18.4. The molecule has 2 aliphatic rings.